The van der Waals surface area contributed by atoms with Gasteiger partial charge in [-0.05, 0) is 37.0 Å². The highest BCUT2D eigenvalue weighted by Gasteiger charge is 2.20. The Labute approximate surface area is 125 Å². The minimum absolute atomic E-state index is 0.366. The molecule has 0 saturated carbocycles. The van der Waals surface area contributed by atoms with Crippen LogP contribution in [-0.2, 0) is 0 Å². The molecule has 4 nitrogen and oxygen atoms in total. The minimum Gasteiger partial charge on any atom is -0.478 e. The SMILES string of the molecule is CSCCCCCNC(=O)c1cc(F)c(F)cc1C(=O)O. The summed E-state index contributed by atoms with van der Waals surface area (Å²) in [6, 6.07) is 1.13. The molecule has 0 aromatic heterocycles. The number of carbonyl (C=O) groups is 2. The zero-order valence-electron chi connectivity index (χ0n) is 11.6. The van der Waals surface area contributed by atoms with Crippen LogP contribution in [0.2, 0.25) is 0 Å². The minimum atomic E-state index is -1.47. The zero-order valence-corrected chi connectivity index (χ0v) is 12.4. The second-order valence-corrected chi connectivity index (χ2v) is 5.41. The lowest BCUT2D eigenvalue weighted by atomic mass is 10.1. The molecule has 0 spiro atoms. The monoisotopic (exact) mass is 317 g/mol. The Hall–Kier alpha value is -1.63. The van der Waals surface area contributed by atoms with Crippen molar-refractivity contribution in [3.8, 4) is 0 Å². The summed E-state index contributed by atoms with van der Waals surface area (Å²) < 4.78 is 26.2. The number of benzene rings is 1. The fraction of sp³-hybridized carbons (Fsp3) is 0.429. The van der Waals surface area contributed by atoms with Crippen LogP contribution in [0, 0.1) is 11.6 Å². The van der Waals surface area contributed by atoms with Gasteiger partial charge >= 0.3 is 5.97 Å². The number of rotatable bonds is 8. The van der Waals surface area contributed by atoms with E-state index >= 15 is 0 Å². The molecule has 0 fully saturated rings. The first-order valence-electron chi connectivity index (χ1n) is 6.46. The van der Waals surface area contributed by atoms with Crippen LogP contribution in [0.4, 0.5) is 8.78 Å². The number of nitrogens with one attached hydrogen (secondary N) is 1. The standard InChI is InChI=1S/C14H17F2NO3S/c1-21-6-4-2-3-5-17-13(18)9-7-11(15)12(16)8-10(9)14(19)20/h7-8H,2-6H2,1H3,(H,17,18)(H,19,20). The molecule has 0 aliphatic carbocycles. The molecule has 0 radical (unpaired) electrons. The number of hydrogen-bond acceptors (Lipinski definition) is 3. The van der Waals surface area contributed by atoms with E-state index in [1.807, 2.05) is 6.26 Å². The zero-order chi connectivity index (χ0) is 15.8. The number of aromatic carboxylic acids is 1. The summed E-state index contributed by atoms with van der Waals surface area (Å²) in [7, 11) is 0. The van der Waals surface area contributed by atoms with Crippen LogP contribution in [0.1, 0.15) is 40.0 Å². The molecule has 0 aliphatic rings. The molecule has 1 amide bonds. The van der Waals surface area contributed by atoms with Crippen molar-refractivity contribution in [2.24, 2.45) is 0 Å². The number of carboxylic acid groups (broad SMARTS) is 1. The molecule has 0 heterocycles. The summed E-state index contributed by atoms with van der Waals surface area (Å²) in [6.45, 7) is 0.366. The van der Waals surface area contributed by atoms with E-state index in [9.17, 15) is 18.4 Å². The Morgan fingerprint density at radius 1 is 1.14 bits per heavy atom. The number of amides is 1. The Morgan fingerprint density at radius 2 is 1.76 bits per heavy atom. The van der Waals surface area contributed by atoms with Crippen molar-refractivity contribution in [1.29, 1.82) is 0 Å². The highest BCUT2D eigenvalue weighted by atomic mass is 32.2. The first-order valence-corrected chi connectivity index (χ1v) is 7.86. The molecule has 0 aliphatic heterocycles. The maximum absolute atomic E-state index is 13.2. The first kappa shape index (κ1) is 17.4. The van der Waals surface area contributed by atoms with E-state index in [1.165, 1.54) is 0 Å². The highest BCUT2D eigenvalue weighted by molar-refractivity contribution is 7.98. The predicted molar refractivity (Wildman–Crippen MR) is 77.9 cm³/mol. The molecule has 1 rings (SSSR count). The van der Waals surface area contributed by atoms with Crippen molar-refractivity contribution >= 4 is 23.6 Å². The van der Waals surface area contributed by atoms with Crippen LogP contribution in [0.15, 0.2) is 12.1 Å². The summed E-state index contributed by atoms with van der Waals surface area (Å²) in [5, 5.41) is 11.4. The first-order chi connectivity index (χ1) is 9.97. The van der Waals surface area contributed by atoms with Gasteiger partial charge < -0.3 is 10.4 Å². The van der Waals surface area contributed by atoms with E-state index in [0.29, 0.717) is 18.7 Å². The second-order valence-electron chi connectivity index (χ2n) is 4.43. The van der Waals surface area contributed by atoms with Crippen LogP contribution < -0.4 is 5.32 Å². The van der Waals surface area contributed by atoms with Crippen molar-refractivity contribution in [2.45, 2.75) is 19.3 Å². The largest absolute Gasteiger partial charge is 0.478 e. The lowest BCUT2D eigenvalue weighted by molar-refractivity contribution is 0.0690. The topological polar surface area (TPSA) is 66.4 Å². The third-order valence-electron chi connectivity index (χ3n) is 2.85. The maximum atomic E-state index is 13.2. The van der Waals surface area contributed by atoms with Gasteiger partial charge in [0.25, 0.3) is 5.91 Å². The summed E-state index contributed by atoms with van der Waals surface area (Å²) in [4.78, 5) is 22.8. The van der Waals surface area contributed by atoms with Gasteiger partial charge in [-0.15, -0.1) is 0 Å². The van der Waals surface area contributed by atoms with Crippen molar-refractivity contribution in [2.75, 3.05) is 18.6 Å². The van der Waals surface area contributed by atoms with Gasteiger partial charge in [-0.2, -0.15) is 11.8 Å². The lowest BCUT2D eigenvalue weighted by Crippen LogP contribution is -2.26. The molecular weight excluding hydrogens is 300 g/mol. The van der Waals surface area contributed by atoms with Crippen LogP contribution >= 0.6 is 11.8 Å². The molecule has 0 unspecified atom stereocenters. The smallest absolute Gasteiger partial charge is 0.336 e. The number of carbonyl (C=O) groups excluding carboxylic acids is 1. The fourth-order valence-electron chi connectivity index (χ4n) is 1.76. The Kier molecular flexibility index (Phi) is 7.14. The van der Waals surface area contributed by atoms with Crippen LogP contribution in [0.3, 0.4) is 0 Å². The number of thioether (sulfide) groups is 1. The van der Waals surface area contributed by atoms with Gasteiger partial charge in [-0.3, -0.25) is 4.79 Å². The molecule has 1 aromatic carbocycles. The van der Waals surface area contributed by atoms with Gasteiger partial charge in [0.1, 0.15) is 0 Å². The summed E-state index contributed by atoms with van der Waals surface area (Å²) in [5.74, 6) is -3.68. The second kappa shape index (κ2) is 8.61. The lowest BCUT2D eigenvalue weighted by Gasteiger charge is -2.08. The van der Waals surface area contributed by atoms with Gasteiger partial charge in [0, 0.05) is 6.54 Å². The Bertz CT molecular complexity index is 523. The van der Waals surface area contributed by atoms with Gasteiger partial charge in [-0.25, -0.2) is 13.6 Å². The number of hydrogen-bond donors (Lipinski definition) is 2. The maximum Gasteiger partial charge on any atom is 0.336 e. The van der Waals surface area contributed by atoms with Gasteiger partial charge in [0.05, 0.1) is 11.1 Å². The molecule has 116 valence electrons. The van der Waals surface area contributed by atoms with Crippen molar-refractivity contribution in [1.82, 2.24) is 5.32 Å². The van der Waals surface area contributed by atoms with Crippen molar-refractivity contribution in [3.63, 3.8) is 0 Å². The number of halogens is 2. The molecule has 0 atom stereocenters. The number of unbranched alkanes of at least 4 members (excludes halogenated alkanes) is 2. The van der Waals surface area contributed by atoms with E-state index < -0.39 is 29.1 Å². The average Bonchev–Trinajstić information content (AvgIpc) is 2.44. The molecular formula is C14H17F2NO3S. The summed E-state index contributed by atoms with van der Waals surface area (Å²) in [5.41, 5.74) is -0.917. The van der Waals surface area contributed by atoms with Gasteiger partial charge in [0.2, 0.25) is 0 Å². The molecule has 7 heteroatoms. The average molecular weight is 317 g/mol. The van der Waals surface area contributed by atoms with E-state index in [1.54, 1.807) is 11.8 Å². The summed E-state index contributed by atoms with van der Waals surface area (Å²) in [6.07, 6.45) is 4.73. The predicted octanol–water partition coefficient (Wildman–Crippen LogP) is 2.93. The molecule has 2 N–H and O–H groups in total. The summed E-state index contributed by atoms with van der Waals surface area (Å²) >= 11 is 1.74. The molecule has 0 bridgehead atoms. The Morgan fingerprint density at radius 3 is 2.33 bits per heavy atom. The van der Waals surface area contributed by atoms with E-state index in [-0.39, 0.29) is 5.56 Å². The van der Waals surface area contributed by atoms with Crippen molar-refractivity contribution < 1.29 is 23.5 Å². The molecule has 1 aromatic rings. The van der Waals surface area contributed by atoms with Crippen molar-refractivity contribution in [3.05, 3.63) is 34.9 Å². The fourth-order valence-corrected chi connectivity index (χ4v) is 2.25. The third kappa shape index (κ3) is 5.34. The highest BCUT2D eigenvalue weighted by Crippen LogP contribution is 2.15. The normalized spacial score (nSPS) is 10.4. The van der Waals surface area contributed by atoms with Gasteiger partial charge in [-0.1, -0.05) is 6.42 Å². The van der Waals surface area contributed by atoms with E-state index in [0.717, 1.165) is 25.0 Å². The quantitative estimate of drug-likeness (QED) is 0.724. The Balaban J connectivity index is 2.65. The third-order valence-corrected chi connectivity index (χ3v) is 3.54. The molecule has 21 heavy (non-hydrogen) atoms. The van der Waals surface area contributed by atoms with Gasteiger partial charge in [0.15, 0.2) is 11.6 Å². The number of carboxylic acids is 1. The van der Waals surface area contributed by atoms with Crippen LogP contribution in [-0.4, -0.2) is 35.5 Å². The van der Waals surface area contributed by atoms with Crippen LogP contribution in [0.5, 0.6) is 0 Å². The van der Waals surface area contributed by atoms with E-state index in [4.69, 9.17) is 5.11 Å². The molecule has 0 saturated heterocycles. The van der Waals surface area contributed by atoms with Crippen LogP contribution in [0.25, 0.3) is 0 Å². The van der Waals surface area contributed by atoms with E-state index in [2.05, 4.69) is 5.32 Å².